The summed E-state index contributed by atoms with van der Waals surface area (Å²) in [5, 5.41) is 14.1. The van der Waals surface area contributed by atoms with Crippen molar-refractivity contribution >= 4 is 17.6 Å². The summed E-state index contributed by atoms with van der Waals surface area (Å²) < 4.78 is 97.8. The molecular weight excluding hydrogens is 439 g/mol. The molecule has 0 saturated carbocycles. The molecule has 13 heteroatoms. The van der Waals surface area contributed by atoms with Crippen molar-refractivity contribution in [3.63, 3.8) is 0 Å². The first-order valence-electron chi connectivity index (χ1n) is 8.07. The number of alkyl halides is 3. The predicted molar refractivity (Wildman–Crippen MR) is 93.3 cm³/mol. The molecule has 0 fully saturated rings. The van der Waals surface area contributed by atoms with Gasteiger partial charge in [0.2, 0.25) is 0 Å². The number of benzene rings is 2. The Labute approximate surface area is 167 Å². The Kier molecular flexibility index (Phi) is 5.69. The molecule has 0 atom stereocenters. The highest BCUT2D eigenvalue weighted by Crippen LogP contribution is 2.38. The summed E-state index contributed by atoms with van der Waals surface area (Å²) in [6.45, 7) is 0. The van der Waals surface area contributed by atoms with E-state index < -0.39 is 45.6 Å². The van der Waals surface area contributed by atoms with Crippen LogP contribution < -0.4 is 5.43 Å². The lowest BCUT2D eigenvalue weighted by Gasteiger charge is -2.13. The van der Waals surface area contributed by atoms with Gasteiger partial charge >= 0.3 is 6.18 Å². The molecule has 0 unspecified atom stereocenters. The number of nitro benzene ring substituents is 1. The number of hydrogen-bond acceptors (Lipinski definition) is 5. The molecule has 0 aliphatic rings. The third-order valence-corrected chi connectivity index (χ3v) is 3.88. The third-order valence-electron chi connectivity index (χ3n) is 3.88. The van der Waals surface area contributed by atoms with Gasteiger partial charge in [0, 0.05) is 17.7 Å². The van der Waals surface area contributed by atoms with E-state index in [1.165, 1.54) is 36.4 Å². The fourth-order valence-corrected chi connectivity index (χ4v) is 2.49. The molecule has 1 heterocycles. The number of hydrazone groups is 1. The third kappa shape index (κ3) is 4.34. The highest BCUT2D eigenvalue weighted by Gasteiger charge is 2.42. The van der Waals surface area contributed by atoms with Gasteiger partial charge in [-0.05, 0) is 12.1 Å². The highest BCUT2D eigenvalue weighted by molar-refractivity contribution is 5.78. The molecule has 2 aromatic carbocycles. The number of nitrogens with one attached hydrogen (secondary N) is 1. The summed E-state index contributed by atoms with van der Waals surface area (Å²) in [4.78, 5) is 10.2. The molecule has 0 aliphatic heterocycles. The van der Waals surface area contributed by atoms with Gasteiger partial charge < -0.3 is 4.42 Å². The van der Waals surface area contributed by atoms with Crippen molar-refractivity contribution in [2.75, 3.05) is 5.43 Å². The average molecular weight is 447 g/mol. The minimum Gasteiger partial charge on any atom is -0.455 e. The van der Waals surface area contributed by atoms with Crippen LogP contribution in [0.4, 0.5) is 42.1 Å². The van der Waals surface area contributed by atoms with Crippen LogP contribution in [-0.2, 0) is 6.18 Å². The summed E-state index contributed by atoms with van der Waals surface area (Å²) in [6, 6.07) is 8.08. The largest absolute Gasteiger partial charge is 0.455 e. The van der Waals surface area contributed by atoms with E-state index in [9.17, 15) is 40.8 Å². The van der Waals surface area contributed by atoms with Crippen LogP contribution in [0, 0.1) is 33.4 Å². The van der Waals surface area contributed by atoms with E-state index in [4.69, 9.17) is 4.42 Å². The van der Waals surface area contributed by atoms with Crippen molar-refractivity contribution in [2.45, 2.75) is 6.18 Å². The number of non-ortho nitro benzene ring substituents is 1. The fraction of sp³-hybridized carbons (Fsp3) is 0.0556. The summed E-state index contributed by atoms with van der Waals surface area (Å²) in [6.07, 6.45) is -4.85. The fourth-order valence-electron chi connectivity index (χ4n) is 2.49. The molecular formula is C18H8F7N3O3. The average Bonchev–Trinajstić information content (AvgIpc) is 3.17. The first-order chi connectivity index (χ1) is 14.5. The quantitative estimate of drug-likeness (QED) is 0.174. The second-order valence-corrected chi connectivity index (χ2v) is 5.88. The van der Waals surface area contributed by atoms with Gasteiger partial charge in [0.25, 0.3) is 5.69 Å². The molecule has 1 aromatic heterocycles. The first kappa shape index (κ1) is 21.8. The lowest BCUT2D eigenvalue weighted by molar-refractivity contribution is -0.384. The lowest BCUT2D eigenvalue weighted by Crippen LogP contribution is -2.16. The molecule has 0 saturated heterocycles. The van der Waals surface area contributed by atoms with Crippen LogP contribution >= 0.6 is 0 Å². The summed E-state index contributed by atoms with van der Waals surface area (Å²) in [5.74, 6) is -9.79. The van der Waals surface area contributed by atoms with Crippen molar-refractivity contribution in [1.29, 1.82) is 0 Å². The monoisotopic (exact) mass is 447 g/mol. The van der Waals surface area contributed by atoms with Crippen molar-refractivity contribution in [3.05, 3.63) is 81.1 Å². The Bertz CT molecular complexity index is 1160. The number of furan rings is 1. The summed E-state index contributed by atoms with van der Waals surface area (Å²) in [7, 11) is 0. The molecule has 0 radical (unpaired) electrons. The van der Waals surface area contributed by atoms with E-state index in [0.717, 1.165) is 6.21 Å². The molecule has 0 spiro atoms. The molecule has 1 N–H and O–H groups in total. The number of nitrogens with zero attached hydrogens (tertiary/aromatic N) is 2. The number of halogens is 7. The summed E-state index contributed by atoms with van der Waals surface area (Å²) >= 11 is 0. The SMILES string of the molecule is O=[N+]([O-])c1cccc(-c2ccc(C=NNc3c(F)c(F)c(C(F)(F)F)c(F)c3F)o2)c1. The van der Waals surface area contributed by atoms with Crippen LogP contribution in [0.15, 0.2) is 45.9 Å². The van der Waals surface area contributed by atoms with Crippen LogP contribution in [0.2, 0.25) is 0 Å². The molecule has 0 bridgehead atoms. The van der Waals surface area contributed by atoms with Gasteiger partial charge in [-0.15, -0.1) is 0 Å². The highest BCUT2D eigenvalue weighted by atomic mass is 19.4. The van der Waals surface area contributed by atoms with Gasteiger partial charge in [-0.25, -0.2) is 17.6 Å². The van der Waals surface area contributed by atoms with Gasteiger partial charge in [0.05, 0.1) is 11.1 Å². The first-order valence-corrected chi connectivity index (χ1v) is 8.07. The van der Waals surface area contributed by atoms with Crippen molar-refractivity contribution < 1.29 is 40.1 Å². The van der Waals surface area contributed by atoms with Crippen LogP contribution in [-0.4, -0.2) is 11.1 Å². The molecule has 3 rings (SSSR count). The second-order valence-electron chi connectivity index (χ2n) is 5.88. The van der Waals surface area contributed by atoms with E-state index in [2.05, 4.69) is 5.10 Å². The minimum absolute atomic E-state index is 0.0531. The zero-order chi connectivity index (χ0) is 22.9. The number of hydrogen-bond donors (Lipinski definition) is 1. The maximum absolute atomic E-state index is 13.8. The van der Waals surface area contributed by atoms with E-state index >= 15 is 0 Å². The number of nitro groups is 1. The Morgan fingerprint density at radius 1 is 1.00 bits per heavy atom. The normalized spacial score (nSPS) is 11.8. The van der Waals surface area contributed by atoms with Crippen molar-refractivity contribution in [3.8, 4) is 11.3 Å². The second kappa shape index (κ2) is 8.08. The smallest absolute Gasteiger partial charge is 0.422 e. The van der Waals surface area contributed by atoms with Crippen LogP contribution in [0.25, 0.3) is 11.3 Å². The van der Waals surface area contributed by atoms with Crippen LogP contribution in [0.3, 0.4) is 0 Å². The number of anilines is 1. The lowest BCUT2D eigenvalue weighted by atomic mass is 10.1. The minimum atomic E-state index is -5.66. The van der Waals surface area contributed by atoms with E-state index in [1.807, 2.05) is 0 Å². The number of rotatable bonds is 5. The Balaban J connectivity index is 1.84. The zero-order valence-corrected chi connectivity index (χ0v) is 14.8. The van der Waals surface area contributed by atoms with E-state index in [1.54, 1.807) is 5.43 Å². The van der Waals surface area contributed by atoms with Crippen molar-refractivity contribution in [1.82, 2.24) is 0 Å². The van der Waals surface area contributed by atoms with Gasteiger partial charge in [0.1, 0.15) is 22.8 Å². The van der Waals surface area contributed by atoms with Gasteiger partial charge in [-0.3, -0.25) is 15.5 Å². The zero-order valence-electron chi connectivity index (χ0n) is 14.8. The van der Waals surface area contributed by atoms with E-state index in [-0.39, 0.29) is 17.2 Å². The predicted octanol–water partition coefficient (Wildman–Crippen LogP) is 5.88. The van der Waals surface area contributed by atoms with Gasteiger partial charge in [-0.1, -0.05) is 12.1 Å². The van der Waals surface area contributed by atoms with Crippen LogP contribution in [0.1, 0.15) is 11.3 Å². The molecule has 6 nitrogen and oxygen atoms in total. The molecule has 31 heavy (non-hydrogen) atoms. The molecule has 3 aromatic rings. The van der Waals surface area contributed by atoms with Crippen LogP contribution in [0.5, 0.6) is 0 Å². The molecule has 0 amide bonds. The topological polar surface area (TPSA) is 80.7 Å². The Hall–Kier alpha value is -3.90. The summed E-state index contributed by atoms with van der Waals surface area (Å²) in [5.41, 5.74) is -2.58. The molecule has 0 aliphatic carbocycles. The maximum atomic E-state index is 13.8. The van der Waals surface area contributed by atoms with E-state index in [0.29, 0.717) is 5.56 Å². The molecule has 162 valence electrons. The Morgan fingerprint density at radius 3 is 2.23 bits per heavy atom. The maximum Gasteiger partial charge on any atom is 0.422 e. The van der Waals surface area contributed by atoms with Gasteiger partial charge in [-0.2, -0.15) is 18.3 Å². The standard InChI is InChI=1S/C18H8F7N3O3/c19-13-12(18(23,24)25)14(20)16(22)17(15(13)21)27-26-7-10-4-5-11(31-10)8-2-1-3-9(6-8)28(29)30/h1-7,27H. The Morgan fingerprint density at radius 2 is 1.65 bits per heavy atom. The van der Waals surface area contributed by atoms with Crippen molar-refractivity contribution in [2.24, 2.45) is 5.10 Å². The van der Waals surface area contributed by atoms with Gasteiger partial charge in [0.15, 0.2) is 23.3 Å².